The largest absolute Gasteiger partial charge is 0.500 e. The first-order chi connectivity index (χ1) is 14.0. The summed E-state index contributed by atoms with van der Waals surface area (Å²) in [5.74, 6) is -0.267. The zero-order chi connectivity index (χ0) is 22.0. The van der Waals surface area contributed by atoms with Crippen molar-refractivity contribution < 1.29 is 22.9 Å². The molecule has 0 radical (unpaired) electrons. The Labute approximate surface area is 184 Å². The van der Waals surface area contributed by atoms with Gasteiger partial charge in [0.1, 0.15) is 0 Å². The molecule has 1 atom stereocenters. The fourth-order valence-electron chi connectivity index (χ4n) is 2.69. The maximum atomic E-state index is 12.2. The van der Waals surface area contributed by atoms with Crippen LogP contribution in [0.2, 0.25) is 6.04 Å². The molecule has 0 saturated carbocycles. The Kier molecular flexibility index (Phi) is 18.4. The van der Waals surface area contributed by atoms with Crippen LogP contribution in [0.1, 0.15) is 98.8 Å². The zero-order valence-corrected chi connectivity index (χ0v) is 21.2. The lowest BCUT2D eigenvalue weighted by atomic mass is 10.2. The van der Waals surface area contributed by atoms with Crippen LogP contribution in [0.3, 0.4) is 0 Å². The molecule has 0 aliphatic heterocycles. The molecule has 0 rings (SSSR count). The van der Waals surface area contributed by atoms with E-state index < -0.39 is 8.80 Å². The maximum absolute atomic E-state index is 12.2. The lowest BCUT2D eigenvalue weighted by Crippen LogP contribution is -2.47. The Morgan fingerprint density at radius 1 is 0.793 bits per heavy atom. The summed E-state index contributed by atoms with van der Waals surface area (Å²) in [5.41, 5.74) is 0. The van der Waals surface area contributed by atoms with Crippen LogP contribution < -0.4 is 0 Å². The van der Waals surface area contributed by atoms with Gasteiger partial charge in [-0.15, -0.1) is 0 Å². The summed E-state index contributed by atoms with van der Waals surface area (Å²) in [6.07, 6.45) is 8.79. The highest BCUT2D eigenvalue weighted by atomic mass is 32.2. The summed E-state index contributed by atoms with van der Waals surface area (Å²) in [4.78, 5) is 24.1. The minimum absolute atomic E-state index is 0.0921. The van der Waals surface area contributed by atoms with Crippen molar-refractivity contribution in [1.82, 2.24) is 0 Å². The molecule has 1 unspecified atom stereocenters. The molecule has 0 aromatic heterocycles. The van der Waals surface area contributed by atoms with Gasteiger partial charge in [0.05, 0.1) is 0 Å². The minimum Gasteiger partial charge on any atom is -0.373 e. The van der Waals surface area contributed by atoms with E-state index in [9.17, 15) is 9.59 Å². The van der Waals surface area contributed by atoms with Crippen LogP contribution in [0.4, 0.5) is 0 Å². The third-order valence-corrected chi connectivity index (χ3v) is 8.84. The monoisotopic (exact) mass is 448 g/mol. The maximum Gasteiger partial charge on any atom is 0.500 e. The molecular formula is C22H44O5SSi. The lowest BCUT2D eigenvalue weighted by molar-refractivity contribution is -0.131. The topological polar surface area (TPSA) is 61.8 Å². The Bertz CT molecular complexity index is 407. The molecule has 0 amide bonds. The van der Waals surface area contributed by atoms with Crippen LogP contribution in [0.15, 0.2) is 0 Å². The molecule has 29 heavy (non-hydrogen) atoms. The van der Waals surface area contributed by atoms with Crippen molar-refractivity contribution in [1.29, 1.82) is 0 Å². The zero-order valence-electron chi connectivity index (χ0n) is 19.4. The molecule has 0 aromatic rings. The van der Waals surface area contributed by atoms with Gasteiger partial charge < -0.3 is 13.3 Å². The van der Waals surface area contributed by atoms with Gasteiger partial charge in [-0.05, 0) is 38.5 Å². The second kappa shape index (κ2) is 18.5. The summed E-state index contributed by atoms with van der Waals surface area (Å²) < 4.78 is 18.8. The molecule has 0 aliphatic rings. The second-order valence-corrected chi connectivity index (χ2v) is 11.4. The standard InChI is InChI=1S/C22H44O5SSi/c1-6-11-16-25-29(26-17-12-7-2,27-18-13-8-3)19-15-20(10-5)28-22(24)21(23)14-9-4/h20H,6-19H2,1-5H3. The van der Waals surface area contributed by atoms with Crippen LogP contribution in [0, 0.1) is 0 Å². The van der Waals surface area contributed by atoms with Crippen molar-refractivity contribution in [2.45, 2.75) is 110 Å². The van der Waals surface area contributed by atoms with Crippen molar-refractivity contribution in [3.63, 3.8) is 0 Å². The quantitative estimate of drug-likeness (QED) is 0.126. The third-order valence-electron chi connectivity index (χ3n) is 4.67. The predicted molar refractivity (Wildman–Crippen MR) is 124 cm³/mol. The number of Topliss-reactive ketones (excluding diaryl/α,β-unsaturated/α-hetero) is 1. The third kappa shape index (κ3) is 13.7. The molecule has 0 fully saturated rings. The predicted octanol–water partition coefficient (Wildman–Crippen LogP) is 6.17. The van der Waals surface area contributed by atoms with Gasteiger partial charge in [0.2, 0.25) is 5.78 Å². The van der Waals surface area contributed by atoms with Crippen molar-refractivity contribution >= 4 is 31.5 Å². The summed E-state index contributed by atoms with van der Waals surface area (Å²) in [6, 6.07) is 0.699. The first-order valence-corrected chi connectivity index (χ1v) is 14.4. The smallest absolute Gasteiger partial charge is 0.373 e. The van der Waals surface area contributed by atoms with Gasteiger partial charge >= 0.3 is 8.80 Å². The fourth-order valence-corrected chi connectivity index (χ4v) is 6.59. The molecule has 0 bridgehead atoms. The van der Waals surface area contributed by atoms with E-state index in [-0.39, 0.29) is 16.1 Å². The molecule has 172 valence electrons. The molecule has 0 spiro atoms. The van der Waals surface area contributed by atoms with Crippen LogP contribution in [0.5, 0.6) is 0 Å². The van der Waals surface area contributed by atoms with E-state index in [1.165, 1.54) is 11.8 Å². The number of hydrogen-bond acceptors (Lipinski definition) is 6. The van der Waals surface area contributed by atoms with E-state index in [0.29, 0.717) is 38.7 Å². The Hall–Kier alpha value is -0.213. The molecule has 0 heterocycles. The highest BCUT2D eigenvalue weighted by Gasteiger charge is 2.41. The van der Waals surface area contributed by atoms with Crippen LogP contribution in [-0.4, -0.2) is 44.8 Å². The van der Waals surface area contributed by atoms with E-state index in [0.717, 1.165) is 51.4 Å². The Morgan fingerprint density at radius 2 is 1.28 bits per heavy atom. The van der Waals surface area contributed by atoms with Gasteiger partial charge in [-0.3, -0.25) is 9.59 Å². The number of thioether (sulfide) groups is 1. The van der Waals surface area contributed by atoms with E-state index in [1.54, 1.807) is 0 Å². The first-order valence-electron chi connectivity index (χ1n) is 11.6. The number of unbranched alkanes of at least 4 members (excludes halogenated alkanes) is 3. The van der Waals surface area contributed by atoms with E-state index >= 15 is 0 Å². The molecule has 0 saturated heterocycles. The molecule has 0 aliphatic carbocycles. The van der Waals surface area contributed by atoms with Gasteiger partial charge in [0.25, 0.3) is 5.12 Å². The van der Waals surface area contributed by atoms with E-state index in [2.05, 4.69) is 27.7 Å². The molecular weight excluding hydrogens is 404 g/mol. The van der Waals surface area contributed by atoms with Gasteiger partial charge in [-0.25, -0.2) is 0 Å². The normalized spacial score (nSPS) is 12.9. The number of carbonyl (C=O) groups is 2. The molecule has 7 heteroatoms. The summed E-state index contributed by atoms with van der Waals surface area (Å²) in [7, 11) is -2.79. The number of carbonyl (C=O) groups excluding carboxylic acids is 2. The van der Waals surface area contributed by atoms with Crippen molar-refractivity contribution in [2.75, 3.05) is 19.8 Å². The number of ketones is 1. The van der Waals surface area contributed by atoms with E-state index in [4.69, 9.17) is 13.3 Å². The van der Waals surface area contributed by atoms with Gasteiger partial charge in [-0.2, -0.15) is 0 Å². The number of rotatable bonds is 20. The highest BCUT2D eigenvalue weighted by Crippen LogP contribution is 2.28. The van der Waals surface area contributed by atoms with Gasteiger partial charge in [0.15, 0.2) is 0 Å². The lowest BCUT2D eigenvalue weighted by Gasteiger charge is -2.31. The van der Waals surface area contributed by atoms with Gasteiger partial charge in [-0.1, -0.05) is 65.6 Å². The molecule has 0 aromatic carbocycles. The minimum atomic E-state index is -2.79. The van der Waals surface area contributed by atoms with Crippen molar-refractivity contribution in [3.8, 4) is 0 Å². The Morgan fingerprint density at radius 3 is 1.66 bits per heavy atom. The fraction of sp³-hybridized carbons (Fsp3) is 0.909. The average molecular weight is 449 g/mol. The highest BCUT2D eigenvalue weighted by molar-refractivity contribution is 8.15. The SMILES string of the molecule is CCCCO[Si](CCC(CC)SC(=O)C(=O)CCC)(OCCCC)OCCCC. The van der Waals surface area contributed by atoms with Crippen molar-refractivity contribution in [3.05, 3.63) is 0 Å². The average Bonchev–Trinajstić information content (AvgIpc) is 2.71. The van der Waals surface area contributed by atoms with Gasteiger partial charge in [0, 0.05) is 37.5 Å². The first kappa shape index (κ1) is 28.8. The van der Waals surface area contributed by atoms with Crippen LogP contribution >= 0.6 is 11.8 Å². The summed E-state index contributed by atoms with van der Waals surface area (Å²) in [5, 5.41) is -0.217. The van der Waals surface area contributed by atoms with Crippen molar-refractivity contribution in [2.24, 2.45) is 0 Å². The van der Waals surface area contributed by atoms with E-state index in [1.807, 2.05) is 6.92 Å². The number of hydrogen-bond donors (Lipinski definition) is 0. The molecule has 5 nitrogen and oxygen atoms in total. The van der Waals surface area contributed by atoms with Crippen LogP contribution in [-0.2, 0) is 22.9 Å². The van der Waals surface area contributed by atoms with Crippen LogP contribution in [0.25, 0.3) is 0 Å². The second-order valence-electron chi connectivity index (χ2n) is 7.44. The Balaban J connectivity index is 5.07. The summed E-state index contributed by atoms with van der Waals surface area (Å²) >= 11 is 1.19. The summed E-state index contributed by atoms with van der Waals surface area (Å²) in [6.45, 7) is 12.4. The molecule has 0 N–H and O–H groups in total.